The summed E-state index contributed by atoms with van der Waals surface area (Å²) in [5.74, 6) is 0. The Morgan fingerprint density at radius 1 is 1.05 bits per heavy atom. The summed E-state index contributed by atoms with van der Waals surface area (Å²) < 4.78 is 20.8. The van der Waals surface area contributed by atoms with Gasteiger partial charge < -0.3 is 29.4 Å². The average Bonchev–Trinajstić information content (AvgIpc) is 2.42. The Balaban J connectivity index is 1.83. The van der Waals surface area contributed by atoms with Gasteiger partial charge in [0.2, 0.25) is 0 Å². The smallest absolute Gasteiger partial charge is 0.0815 e. The third-order valence-corrected chi connectivity index (χ3v) is 3.10. The summed E-state index contributed by atoms with van der Waals surface area (Å²) in [5.41, 5.74) is -0.610. The van der Waals surface area contributed by atoms with E-state index in [4.69, 9.17) is 18.9 Å². The summed E-state index contributed by atoms with van der Waals surface area (Å²) in [4.78, 5) is 0. The lowest BCUT2D eigenvalue weighted by atomic mass is 9.94. The molecule has 0 aromatic carbocycles. The van der Waals surface area contributed by atoms with Crippen LogP contribution in [0.15, 0.2) is 0 Å². The number of hydrogen-bond acceptors (Lipinski definition) is 6. The summed E-state index contributed by atoms with van der Waals surface area (Å²) in [6, 6.07) is 0. The third kappa shape index (κ3) is 8.52. The quantitative estimate of drug-likeness (QED) is 0.510. The van der Waals surface area contributed by atoms with Crippen LogP contribution in [0.4, 0.5) is 0 Å². The van der Waals surface area contributed by atoms with Crippen LogP contribution in [0, 0.1) is 0 Å². The fourth-order valence-electron chi connectivity index (χ4n) is 1.86. The molecule has 0 aliphatic carbocycles. The van der Waals surface area contributed by atoms with Gasteiger partial charge in [-0.3, -0.25) is 0 Å². The lowest BCUT2D eigenvalue weighted by Crippen LogP contribution is -2.45. The minimum Gasteiger partial charge on any atom is -0.388 e. The largest absolute Gasteiger partial charge is 0.388 e. The molecular weight excluding hydrogens is 250 g/mol. The summed E-state index contributed by atoms with van der Waals surface area (Å²) >= 11 is 0. The maximum Gasteiger partial charge on any atom is 0.0815 e. The maximum absolute atomic E-state index is 10.2. The van der Waals surface area contributed by atoms with E-state index >= 15 is 0 Å². The van der Waals surface area contributed by atoms with Crippen LogP contribution in [-0.4, -0.2) is 77.2 Å². The lowest BCUT2D eigenvalue weighted by molar-refractivity contribution is -0.0621. The second-order valence-corrected chi connectivity index (χ2v) is 4.73. The van der Waals surface area contributed by atoms with Crippen molar-refractivity contribution in [1.29, 1.82) is 0 Å². The number of aliphatic hydroxyl groups is 1. The standard InChI is InChI=1S/C13H27NO5/c1-16-8-9-19-11-10-18-7-4-14-12-13(15)2-5-17-6-3-13/h14-15H,2-12H2,1H3. The van der Waals surface area contributed by atoms with E-state index in [1.54, 1.807) is 7.11 Å². The van der Waals surface area contributed by atoms with Gasteiger partial charge in [-0.1, -0.05) is 0 Å². The Labute approximate surface area is 115 Å². The number of ether oxygens (including phenoxy) is 4. The zero-order valence-corrected chi connectivity index (χ0v) is 11.9. The van der Waals surface area contributed by atoms with Crippen LogP contribution in [0.1, 0.15) is 12.8 Å². The average molecular weight is 277 g/mol. The molecule has 6 heteroatoms. The summed E-state index contributed by atoms with van der Waals surface area (Å²) in [6.45, 7) is 5.65. The van der Waals surface area contributed by atoms with Gasteiger partial charge in [0, 0.05) is 46.3 Å². The summed E-state index contributed by atoms with van der Waals surface area (Å²) in [6.07, 6.45) is 1.41. The summed E-state index contributed by atoms with van der Waals surface area (Å²) in [7, 11) is 1.65. The molecule has 0 aromatic rings. The molecule has 0 unspecified atom stereocenters. The molecule has 1 fully saturated rings. The van der Waals surface area contributed by atoms with E-state index in [-0.39, 0.29) is 0 Å². The molecule has 0 amide bonds. The number of methoxy groups -OCH3 is 1. The van der Waals surface area contributed by atoms with Gasteiger partial charge in [0.15, 0.2) is 0 Å². The van der Waals surface area contributed by atoms with E-state index in [1.165, 1.54) is 0 Å². The number of nitrogens with one attached hydrogen (secondary N) is 1. The highest BCUT2D eigenvalue weighted by Crippen LogP contribution is 2.18. The second-order valence-electron chi connectivity index (χ2n) is 4.73. The Morgan fingerprint density at radius 3 is 2.37 bits per heavy atom. The molecule has 2 N–H and O–H groups in total. The van der Waals surface area contributed by atoms with Crippen LogP contribution in [0.2, 0.25) is 0 Å². The van der Waals surface area contributed by atoms with E-state index in [2.05, 4.69) is 5.32 Å². The molecule has 0 saturated carbocycles. The number of hydrogen-bond donors (Lipinski definition) is 2. The lowest BCUT2D eigenvalue weighted by Gasteiger charge is -2.32. The molecule has 19 heavy (non-hydrogen) atoms. The normalized spacial score (nSPS) is 18.6. The zero-order chi connectivity index (χ0) is 13.8. The molecular formula is C13H27NO5. The SMILES string of the molecule is COCCOCCOCCNCC1(O)CCOCC1. The Hall–Kier alpha value is -0.240. The predicted molar refractivity (Wildman–Crippen MR) is 71.4 cm³/mol. The zero-order valence-electron chi connectivity index (χ0n) is 11.9. The van der Waals surface area contributed by atoms with Crippen LogP contribution in [-0.2, 0) is 18.9 Å². The van der Waals surface area contributed by atoms with E-state index in [0.717, 1.165) is 6.54 Å². The van der Waals surface area contributed by atoms with Crippen LogP contribution in [0.3, 0.4) is 0 Å². The van der Waals surface area contributed by atoms with Crippen molar-refractivity contribution in [2.45, 2.75) is 18.4 Å². The first kappa shape index (κ1) is 16.8. The van der Waals surface area contributed by atoms with E-state index in [1.807, 2.05) is 0 Å². The van der Waals surface area contributed by atoms with Crippen molar-refractivity contribution >= 4 is 0 Å². The first-order chi connectivity index (χ1) is 9.27. The minimum absolute atomic E-state index is 0.587. The van der Waals surface area contributed by atoms with Crippen LogP contribution in [0.25, 0.3) is 0 Å². The third-order valence-electron chi connectivity index (χ3n) is 3.10. The van der Waals surface area contributed by atoms with Crippen molar-refractivity contribution in [3.8, 4) is 0 Å². The molecule has 6 nitrogen and oxygen atoms in total. The fourth-order valence-corrected chi connectivity index (χ4v) is 1.86. The van der Waals surface area contributed by atoms with Gasteiger partial charge in [0.05, 0.1) is 38.6 Å². The molecule has 0 atom stereocenters. The molecule has 1 aliphatic rings. The summed E-state index contributed by atoms with van der Waals surface area (Å²) in [5, 5.41) is 13.4. The molecule has 0 aromatic heterocycles. The van der Waals surface area contributed by atoms with Crippen molar-refractivity contribution in [2.75, 3.05) is 66.4 Å². The molecule has 0 bridgehead atoms. The Bertz CT molecular complexity index is 209. The first-order valence-corrected chi connectivity index (χ1v) is 6.92. The molecule has 1 heterocycles. The minimum atomic E-state index is -0.610. The van der Waals surface area contributed by atoms with E-state index in [0.29, 0.717) is 65.6 Å². The van der Waals surface area contributed by atoms with Gasteiger partial charge in [-0.2, -0.15) is 0 Å². The molecule has 1 aliphatic heterocycles. The van der Waals surface area contributed by atoms with Gasteiger partial charge >= 0.3 is 0 Å². The van der Waals surface area contributed by atoms with Crippen molar-refractivity contribution in [2.24, 2.45) is 0 Å². The van der Waals surface area contributed by atoms with Crippen molar-refractivity contribution in [3.05, 3.63) is 0 Å². The van der Waals surface area contributed by atoms with Gasteiger partial charge in [-0.15, -0.1) is 0 Å². The highest BCUT2D eigenvalue weighted by Gasteiger charge is 2.28. The van der Waals surface area contributed by atoms with Gasteiger partial charge in [-0.05, 0) is 0 Å². The van der Waals surface area contributed by atoms with Gasteiger partial charge in [0.25, 0.3) is 0 Å². The van der Waals surface area contributed by atoms with Crippen molar-refractivity contribution < 1.29 is 24.1 Å². The molecule has 1 saturated heterocycles. The highest BCUT2D eigenvalue weighted by atomic mass is 16.5. The monoisotopic (exact) mass is 277 g/mol. The van der Waals surface area contributed by atoms with Crippen LogP contribution in [0.5, 0.6) is 0 Å². The van der Waals surface area contributed by atoms with Gasteiger partial charge in [0.1, 0.15) is 0 Å². The predicted octanol–water partition coefficient (Wildman–Crippen LogP) is -0.203. The van der Waals surface area contributed by atoms with Crippen LogP contribution >= 0.6 is 0 Å². The first-order valence-electron chi connectivity index (χ1n) is 6.92. The number of rotatable bonds is 11. The topological polar surface area (TPSA) is 69.2 Å². The van der Waals surface area contributed by atoms with Crippen molar-refractivity contribution in [1.82, 2.24) is 5.32 Å². The Kier molecular flexibility index (Phi) is 9.32. The van der Waals surface area contributed by atoms with Crippen molar-refractivity contribution in [3.63, 3.8) is 0 Å². The van der Waals surface area contributed by atoms with Gasteiger partial charge in [-0.25, -0.2) is 0 Å². The molecule has 0 spiro atoms. The van der Waals surface area contributed by atoms with E-state index < -0.39 is 5.60 Å². The molecule has 114 valence electrons. The fraction of sp³-hybridized carbons (Fsp3) is 1.00. The Morgan fingerprint density at radius 2 is 1.68 bits per heavy atom. The van der Waals surface area contributed by atoms with Crippen LogP contribution < -0.4 is 5.32 Å². The van der Waals surface area contributed by atoms with E-state index in [9.17, 15) is 5.11 Å². The second kappa shape index (κ2) is 10.5. The molecule has 0 radical (unpaired) electrons. The molecule has 1 rings (SSSR count). The maximum atomic E-state index is 10.2. The highest BCUT2D eigenvalue weighted by molar-refractivity contribution is 4.83.